The number of benzene rings is 1. The largest absolute Gasteiger partial charge is 0.454 e. The smallest absolute Gasteiger partial charge is 0.331 e. The normalized spacial score (nSPS) is 11.0. The van der Waals surface area contributed by atoms with Gasteiger partial charge in [0, 0.05) is 22.7 Å². The highest BCUT2D eigenvalue weighted by Gasteiger charge is 2.08. The second kappa shape index (κ2) is 7.79. The van der Waals surface area contributed by atoms with Crippen molar-refractivity contribution in [3.8, 4) is 0 Å². The van der Waals surface area contributed by atoms with Gasteiger partial charge in [-0.05, 0) is 41.1 Å². The van der Waals surface area contributed by atoms with Gasteiger partial charge in [-0.3, -0.25) is 0 Å². The Labute approximate surface area is 135 Å². The van der Waals surface area contributed by atoms with Crippen molar-refractivity contribution in [3.05, 3.63) is 46.0 Å². The molecule has 0 amide bonds. The van der Waals surface area contributed by atoms with E-state index >= 15 is 0 Å². The van der Waals surface area contributed by atoms with Crippen LogP contribution in [0, 0.1) is 5.82 Å². The van der Waals surface area contributed by atoms with Gasteiger partial charge >= 0.3 is 5.97 Å². The Morgan fingerprint density at radius 3 is 3.09 bits per heavy atom. The molecule has 0 N–H and O–H groups in total. The first-order chi connectivity index (χ1) is 10.6. The number of rotatable bonds is 6. The van der Waals surface area contributed by atoms with Crippen LogP contribution in [0.25, 0.3) is 6.08 Å². The van der Waals surface area contributed by atoms with Gasteiger partial charge in [0.05, 0.1) is 0 Å². The van der Waals surface area contributed by atoms with Crippen LogP contribution in [0.1, 0.15) is 24.7 Å². The summed E-state index contributed by atoms with van der Waals surface area (Å²) in [6.07, 6.45) is 3.39. The van der Waals surface area contributed by atoms with Crippen molar-refractivity contribution in [3.63, 3.8) is 0 Å². The van der Waals surface area contributed by atoms with E-state index in [0.29, 0.717) is 17.9 Å². The van der Waals surface area contributed by atoms with Gasteiger partial charge in [-0.25, -0.2) is 13.9 Å². The number of aromatic nitrogens is 4. The number of hydrogen-bond acceptors (Lipinski definition) is 5. The molecule has 0 aliphatic carbocycles. The molecule has 2 aromatic rings. The van der Waals surface area contributed by atoms with Crippen LogP contribution >= 0.6 is 15.9 Å². The molecule has 1 aromatic carbocycles. The zero-order chi connectivity index (χ0) is 15.9. The number of nitrogens with zero attached hydrogens (tertiary/aromatic N) is 4. The van der Waals surface area contributed by atoms with E-state index in [1.54, 1.807) is 16.8 Å². The van der Waals surface area contributed by atoms with Crippen molar-refractivity contribution in [1.82, 2.24) is 20.2 Å². The third-order valence-electron chi connectivity index (χ3n) is 2.74. The fourth-order valence-corrected chi connectivity index (χ4v) is 2.07. The summed E-state index contributed by atoms with van der Waals surface area (Å²) in [7, 11) is 0. The van der Waals surface area contributed by atoms with Crippen LogP contribution in [0.5, 0.6) is 0 Å². The lowest BCUT2D eigenvalue weighted by molar-refractivity contribution is -0.139. The van der Waals surface area contributed by atoms with E-state index in [-0.39, 0.29) is 6.61 Å². The molecule has 0 fully saturated rings. The molecule has 6 nitrogen and oxygen atoms in total. The van der Waals surface area contributed by atoms with Crippen LogP contribution < -0.4 is 0 Å². The minimum absolute atomic E-state index is 0.0306. The van der Waals surface area contributed by atoms with Crippen molar-refractivity contribution in [2.75, 3.05) is 0 Å². The van der Waals surface area contributed by atoms with E-state index in [9.17, 15) is 9.18 Å². The lowest BCUT2D eigenvalue weighted by atomic mass is 10.2. The molecular formula is C14H14BrFN4O2. The highest BCUT2D eigenvalue weighted by atomic mass is 79.9. The average molecular weight is 369 g/mol. The van der Waals surface area contributed by atoms with Gasteiger partial charge in [-0.15, -0.1) is 5.10 Å². The number of esters is 1. The summed E-state index contributed by atoms with van der Waals surface area (Å²) in [5, 5.41) is 11.1. The molecule has 1 heterocycles. The maximum atomic E-state index is 13.5. The predicted molar refractivity (Wildman–Crippen MR) is 81.0 cm³/mol. The minimum atomic E-state index is -0.592. The molecule has 2 rings (SSSR count). The number of aryl methyl sites for hydroxylation is 1. The first-order valence-corrected chi connectivity index (χ1v) is 7.44. The maximum absolute atomic E-state index is 13.5. The van der Waals surface area contributed by atoms with E-state index in [1.807, 2.05) is 6.92 Å². The van der Waals surface area contributed by atoms with Crippen LogP contribution in [-0.2, 0) is 22.7 Å². The Morgan fingerprint density at radius 2 is 2.32 bits per heavy atom. The number of hydrogen-bond donors (Lipinski definition) is 0. The zero-order valence-electron chi connectivity index (χ0n) is 11.9. The first kappa shape index (κ1) is 16.3. The molecule has 0 saturated heterocycles. The fraction of sp³-hybridized carbons (Fsp3) is 0.286. The summed E-state index contributed by atoms with van der Waals surface area (Å²) in [6, 6.07) is 4.47. The van der Waals surface area contributed by atoms with E-state index < -0.39 is 11.8 Å². The summed E-state index contributed by atoms with van der Waals surface area (Å²) < 4.78 is 20.9. The molecule has 0 aliphatic rings. The molecule has 8 heteroatoms. The molecule has 0 unspecified atom stereocenters. The van der Waals surface area contributed by atoms with Gasteiger partial charge < -0.3 is 4.74 Å². The van der Waals surface area contributed by atoms with Gasteiger partial charge in [0.2, 0.25) is 0 Å². The van der Waals surface area contributed by atoms with Crippen molar-refractivity contribution in [2.24, 2.45) is 0 Å². The second-order valence-electron chi connectivity index (χ2n) is 4.43. The average Bonchev–Trinajstić information content (AvgIpc) is 2.94. The molecule has 0 bridgehead atoms. The molecule has 1 aromatic heterocycles. The summed E-state index contributed by atoms with van der Waals surface area (Å²) in [5.41, 5.74) is 0.294. The molecule has 0 spiro atoms. The standard InChI is InChI=1S/C14H14BrFN4O2/c1-2-7-20-13(17-18-19-20)9-22-14(21)6-3-10-8-11(15)4-5-12(10)16/h3-6,8H,2,7,9H2,1H3/b6-3+. The first-order valence-electron chi connectivity index (χ1n) is 6.65. The number of ether oxygens (including phenoxy) is 1. The number of carbonyl (C=O) groups excluding carboxylic acids is 1. The van der Waals surface area contributed by atoms with Gasteiger partial charge in [0.1, 0.15) is 5.82 Å². The second-order valence-corrected chi connectivity index (χ2v) is 5.34. The van der Waals surface area contributed by atoms with Crippen LogP contribution in [-0.4, -0.2) is 26.2 Å². The zero-order valence-corrected chi connectivity index (χ0v) is 13.5. The monoisotopic (exact) mass is 368 g/mol. The Kier molecular flexibility index (Phi) is 5.76. The van der Waals surface area contributed by atoms with Crippen molar-refractivity contribution in [1.29, 1.82) is 0 Å². The van der Waals surface area contributed by atoms with Crippen molar-refractivity contribution in [2.45, 2.75) is 26.5 Å². The minimum Gasteiger partial charge on any atom is -0.454 e. The van der Waals surface area contributed by atoms with Crippen molar-refractivity contribution >= 4 is 28.0 Å². The lowest BCUT2D eigenvalue weighted by Gasteiger charge is -2.03. The molecule has 0 saturated carbocycles. The summed E-state index contributed by atoms with van der Waals surface area (Å²) >= 11 is 3.24. The number of tetrazole rings is 1. The van der Waals surface area contributed by atoms with Gasteiger partial charge in [0.15, 0.2) is 12.4 Å². The number of carbonyl (C=O) groups is 1. The molecule has 0 aliphatic heterocycles. The molecule has 116 valence electrons. The van der Waals surface area contributed by atoms with E-state index in [0.717, 1.165) is 10.9 Å². The number of halogens is 2. The molecule has 0 radical (unpaired) electrons. The molecular weight excluding hydrogens is 355 g/mol. The third kappa shape index (κ3) is 4.45. The Morgan fingerprint density at radius 1 is 1.50 bits per heavy atom. The quantitative estimate of drug-likeness (QED) is 0.579. The highest BCUT2D eigenvalue weighted by molar-refractivity contribution is 9.10. The Balaban J connectivity index is 1.94. The van der Waals surface area contributed by atoms with E-state index in [4.69, 9.17) is 4.74 Å². The van der Waals surface area contributed by atoms with Crippen LogP contribution in [0.15, 0.2) is 28.7 Å². The highest BCUT2D eigenvalue weighted by Crippen LogP contribution is 2.16. The summed E-state index contributed by atoms with van der Waals surface area (Å²) in [6.45, 7) is 2.61. The predicted octanol–water partition coefficient (Wildman–Crippen LogP) is 2.74. The van der Waals surface area contributed by atoms with Gasteiger partial charge in [-0.1, -0.05) is 22.9 Å². The van der Waals surface area contributed by atoms with Crippen LogP contribution in [0.2, 0.25) is 0 Å². The lowest BCUT2D eigenvalue weighted by Crippen LogP contribution is -2.09. The van der Waals surface area contributed by atoms with Gasteiger partial charge in [0.25, 0.3) is 0 Å². The Bertz CT molecular complexity index is 687. The van der Waals surface area contributed by atoms with Crippen LogP contribution in [0.4, 0.5) is 4.39 Å². The van der Waals surface area contributed by atoms with E-state index in [2.05, 4.69) is 31.5 Å². The maximum Gasteiger partial charge on any atom is 0.331 e. The summed E-state index contributed by atoms with van der Waals surface area (Å²) in [5.74, 6) is -0.540. The van der Waals surface area contributed by atoms with E-state index in [1.165, 1.54) is 18.2 Å². The SMILES string of the molecule is CCCn1nnnc1COC(=O)/C=C/c1cc(Br)ccc1F. The fourth-order valence-electron chi connectivity index (χ4n) is 1.70. The Hall–Kier alpha value is -2.09. The topological polar surface area (TPSA) is 69.9 Å². The molecule has 22 heavy (non-hydrogen) atoms. The van der Waals surface area contributed by atoms with Gasteiger partial charge in [-0.2, -0.15) is 0 Å². The molecule has 0 atom stereocenters. The third-order valence-corrected chi connectivity index (χ3v) is 3.24. The summed E-state index contributed by atoms with van der Waals surface area (Å²) in [4.78, 5) is 11.7. The van der Waals surface area contributed by atoms with Crippen LogP contribution in [0.3, 0.4) is 0 Å². The van der Waals surface area contributed by atoms with Crippen molar-refractivity contribution < 1.29 is 13.9 Å².